The third-order valence-corrected chi connectivity index (χ3v) is 8.83. The predicted octanol–water partition coefficient (Wildman–Crippen LogP) is 3.31. The average molecular weight is 552 g/mol. The highest BCUT2D eigenvalue weighted by atomic mass is 32.2. The summed E-state index contributed by atoms with van der Waals surface area (Å²) in [5.74, 6) is -1.14. The molecule has 4 N–H and O–H groups in total. The molecule has 3 amide bonds. The fourth-order valence-corrected chi connectivity index (χ4v) is 6.31. The van der Waals surface area contributed by atoms with Crippen LogP contribution >= 0.6 is 11.8 Å². The second-order valence-corrected chi connectivity index (χ2v) is 12.3. The third-order valence-electron chi connectivity index (χ3n) is 7.46. The van der Waals surface area contributed by atoms with Crippen molar-refractivity contribution >= 4 is 29.5 Å². The number of rotatable bonds is 8. The van der Waals surface area contributed by atoms with Gasteiger partial charge in [-0.2, -0.15) is 0 Å². The lowest BCUT2D eigenvalue weighted by atomic mass is 9.96. The fraction of sp³-hybridized carbons (Fsp3) is 0.433. The van der Waals surface area contributed by atoms with Gasteiger partial charge in [-0.05, 0) is 64.2 Å². The van der Waals surface area contributed by atoms with E-state index >= 15 is 0 Å². The number of thioether (sulfide) groups is 1. The molecule has 2 aromatic rings. The highest BCUT2D eigenvalue weighted by Gasteiger charge is 2.50. The van der Waals surface area contributed by atoms with Crippen molar-refractivity contribution in [1.29, 1.82) is 0 Å². The summed E-state index contributed by atoms with van der Waals surface area (Å²) >= 11 is 1.48. The Morgan fingerprint density at radius 3 is 2.56 bits per heavy atom. The van der Waals surface area contributed by atoms with E-state index in [9.17, 15) is 24.6 Å². The summed E-state index contributed by atoms with van der Waals surface area (Å²) in [4.78, 5) is 41.9. The Balaban J connectivity index is 1.57. The maximum atomic E-state index is 13.8. The number of phenolic OH excluding ortho intramolecular Hbond substituents is 1. The Morgan fingerprint density at radius 1 is 1.13 bits per heavy atom. The molecule has 9 heteroatoms. The van der Waals surface area contributed by atoms with Crippen LogP contribution in [-0.2, 0) is 16.0 Å². The largest absolute Gasteiger partial charge is 0.508 e. The van der Waals surface area contributed by atoms with Gasteiger partial charge >= 0.3 is 0 Å². The molecule has 39 heavy (non-hydrogen) atoms. The van der Waals surface area contributed by atoms with E-state index < -0.39 is 34.7 Å². The molecule has 1 aliphatic carbocycles. The van der Waals surface area contributed by atoms with Crippen LogP contribution in [0, 0.1) is 6.92 Å². The lowest BCUT2D eigenvalue weighted by molar-refractivity contribution is -0.147. The van der Waals surface area contributed by atoms with Crippen molar-refractivity contribution in [3.63, 3.8) is 0 Å². The van der Waals surface area contributed by atoms with Gasteiger partial charge in [-0.25, -0.2) is 0 Å². The zero-order valence-electron chi connectivity index (χ0n) is 22.6. The molecule has 1 heterocycles. The lowest BCUT2D eigenvalue weighted by Crippen LogP contribution is -2.59. The summed E-state index contributed by atoms with van der Waals surface area (Å²) < 4.78 is -0.561. The average Bonchev–Trinajstić information content (AvgIpc) is 3.25. The van der Waals surface area contributed by atoms with Crippen molar-refractivity contribution in [3.8, 4) is 5.75 Å². The van der Waals surface area contributed by atoms with Gasteiger partial charge in [0.05, 0.1) is 11.9 Å². The second-order valence-electron chi connectivity index (χ2n) is 10.7. The van der Waals surface area contributed by atoms with Crippen LogP contribution in [0.3, 0.4) is 0 Å². The number of benzene rings is 2. The summed E-state index contributed by atoms with van der Waals surface area (Å²) in [7, 11) is 0. The quantitative estimate of drug-likeness (QED) is 0.374. The fourth-order valence-electron chi connectivity index (χ4n) is 5.17. The first-order chi connectivity index (χ1) is 18.6. The number of amides is 3. The van der Waals surface area contributed by atoms with Crippen LogP contribution < -0.4 is 10.6 Å². The number of nitrogens with zero attached hydrogens (tertiary/aromatic N) is 1. The topological polar surface area (TPSA) is 119 Å². The number of aromatic hydroxyl groups is 1. The van der Waals surface area contributed by atoms with E-state index in [1.807, 2.05) is 50.3 Å². The molecular weight excluding hydrogens is 514 g/mol. The number of carbonyl (C=O) groups excluding carboxylic acids is 3. The summed E-state index contributed by atoms with van der Waals surface area (Å²) in [6.07, 6.45) is 5.48. The molecule has 0 radical (unpaired) electrons. The maximum Gasteiger partial charge on any atom is 0.254 e. The summed E-state index contributed by atoms with van der Waals surface area (Å²) in [5.41, 5.74) is 1.49. The van der Waals surface area contributed by atoms with Gasteiger partial charge in [0.2, 0.25) is 5.91 Å². The standard InChI is InChI=1S/C30H37N3O5S/c1-19-22(15-10-16-24(19)34)27(36)32-23(17-20-11-6-4-7-12-20)25(35)29(38)33-18-39-30(2,3)26(33)28(37)31-21-13-8-5-9-14-21/h4,6-8,10-13,15-16,21,23,25-26,34-35H,5,9,14,17-18H2,1-3H3,(H,31,37)(H,32,36)/t21-,23+,25+,26-/m1/s1. The molecule has 0 bridgehead atoms. The van der Waals surface area contributed by atoms with Crippen LogP contribution in [0.5, 0.6) is 5.75 Å². The van der Waals surface area contributed by atoms with Crippen LogP contribution in [0.2, 0.25) is 0 Å². The first kappa shape index (κ1) is 28.7. The summed E-state index contributed by atoms with van der Waals surface area (Å²) in [6, 6.07) is 12.1. The summed E-state index contributed by atoms with van der Waals surface area (Å²) in [5, 5.41) is 27.4. The van der Waals surface area contributed by atoms with Crippen molar-refractivity contribution < 1.29 is 24.6 Å². The van der Waals surface area contributed by atoms with Crippen molar-refractivity contribution in [2.45, 2.75) is 75.4 Å². The van der Waals surface area contributed by atoms with Gasteiger partial charge in [-0.1, -0.05) is 48.6 Å². The van der Waals surface area contributed by atoms with Crippen molar-refractivity contribution in [3.05, 3.63) is 77.4 Å². The molecule has 2 aliphatic rings. The van der Waals surface area contributed by atoms with Crippen molar-refractivity contribution in [2.24, 2.45) is 0 Å². The second kappa shape index (κ2) is 12.3. The van der Waals surface area contributed by atoms with Crippen LogP contribution in [0.4, 0.5) is 0 Å². The molecular formula is C30H37N3O5S. The molecule has 2 aromatic carbocycles. The highest BCUT2D eigenvalue weighted by molar-refractivity contribution is 8.00. The Labute approximate surface area is 233 Å². The molecule has 1 fully saturated rings. The van der Waals surface area contributed by atoms with Crippen LogP contribution in [0.1, 0.15) is 54.6 Å². The molecule has 208 valence electrons. The molecule has 1 aliphatic heterocycles. The SMILES string of the molecule is Cc1c(O)cccc1C(=O)N[C@@H](Cc1ccccc1)[C@H](O)C(=O)N1CSC(C)(C)[C@H]1C(=O)N[C@@H]1C=CCCC1. The van der Waals surface area contributed by atoms with Crippen molar-refractivity contribution in [2.75, 3.05) is 5.88 Å². The predicted molar refractivity (Wildman–Crippen MR) is 152 cm³/mol. The van der Waals surface area contributed by atoms with Gasteiger partial charge in [0.15, 0.2) is 6.10 Å². The molecule has 0 saturated carbocycles. The van der Waals surface area contributed by atoms with E-state index in [2.05, 4.69) is 16.7 Å². The Hall–Kier alpha value is -3.30. The van der Waals surface area contributed by atoms with Gasteiger partial charge in [0, 0.05) is 21.9 Å². The van der Waals surface area contributed by atoms with E-state index in [1.165, 1.54) is 22.7 Å². The number of aliphatic hydroxyl groups excluding tert-OH is 1. The van der Waals surface area contributed by atoms with Crippen LogP contribution in [-0.4, -0.2) is 67.7 Å². The maximum absolute atomic E-state index is 13.8. The first-order valence-electron chi connectivity index (χ1n) is 13.3. The van der Waals surface area contributed by atoms with Gasteiger partial charge < -0.3 is 25.7 Å². The number of aliphatic hydroxyl groups is 1. The third kappa shape index (κ3) is 6.65. The Bertz CT molecular complexity index is 1230. The molecule has 0 spiro atoms. The lowest BCUT2D eigenvalue weighted by Gasteiger charge is -2.34. The van der Waals surface area contributed by atoms with Gasteiger partial charge in [0.1, 0.15) is 11.8 Å². The Morgan fingerprint density at radius 2 is 1.87 bits per heavy atom. The molecule has 1 saturated heterocycles. The van der Waals surface area contributed by atoms with E-state index in [1.54, 1.807) is 19.1 Å². The zero-order chi connectivity index (χ0) is 28.2. The minimum atomic E-state index is -1.59. The number of allylic oxidation sites excluding steroid dienone is 1. The molecule has 4 rings (SSSR count). The smallest absolute Gasteiger partial charge is 0.254 e. The molecule has 4 atom stereocenters. The molecule has 0 aromatic heterocycles. The normalized spacial score (nSPS) is 21.7. The highest BCUT2D eigenvalue weighted by Crippen LogP contribution is 2.40. The Kier molecular flexibility index (Phi) is 9.02. The van der Waals surface area contributed by atoms with E-state index in [0.29, 0.717) is 5.56 Å². The van der Waals surface area contributed by atoms with Crippen LogP contribution in [0.15, 0.2) is 60.7 Å². The van der Waals surface area contributed by atoms with E-state index in [4.69, 9.17) is 0 Å². The first-order valence-corrected chi connectivity index (χ1v) is 14.3. The summed E-state index contributed by atoms with van der Waals surface area (Å²) in [6.45, 7) is 5.48. The number of phenols is 1. The van der Waals surface area contributed by atoms with E-state index in [-0.39, 0.29) is 35.6 Å². The zero-order valence-corrected chi connectivity index (χ0v) is 23.4. The number of hydrogen-bond acceptors (Lipinski definition) is 6. The van der Waals surface area contributed by atoms with Crippen LogP contribution in [0.25, 0.3) is 0 Å². The van der Waals surface area contributed by atoms with Gasteiger partial charge in [0.25, 0.3) is 11.8 Å². The molecule has 8 nitrogen and oxygen atoms in total. The minimum Gasteiger partial charge on any atom is -0.508 e. The van der Waals surface area contributed by atoms with Gasteiger partial charge in [-0.15, -0.1) is 11.8 Å². The van der Waals surface area contributed by atoms with Gasteiger partial charge in [-0.3, -0.25) is 14.4 Å². The van der Waals surface area contributed by atoms with Crippen molar-refractivity contribution in [1.82, 2.24) is 15.5 Å². The number of carbonyl (C=O) groups is 3. The number of nitrogens with one attached hydrogen (secondary N) is 2. The molecule has 0 unspecified atom stereocenters. The number of hydrogen-bond donors (Lipinski definition) is 4. The van der Waals surface area contributed by atoms with E-state index in [0.717, 1.165) is 24.8 Å². The monoisotopic (exact) mass is 551 g/mol. The minimum absolute atomic E-state index is 0.0168.